The van der Waals surface area contributed by atoms with E-state index in [-0.39, 0.29) is 18.2 Å². The predicted octanol–water partition coefficient (Wildman–Crippen LogP) is 1.08. The minimum Gasteiger partial charge on any atom is -0.382 e. The number of nitrogens with zero attached hydrogens (tertiary/aromatic N) is 3. The van der Waals surface area contributed by atoms with Crippen molar-refractivity contribution in [1.29, 1.82) is 0 Å². The van der Waals surface area contributed by atoms with Crippen LogP contribution in [0.25, 0.3) is 0 Å². The molecule has 7 nitrogen and oxygen atoms in total. The maximum absolute atomic E-state index is 12.4. The summed E-state index contributed by atoms with van der Waals surface area (Å²) in [6.45, 7) is 4.48. The Hall–Kier alpha value is -1.89. The Labute approximate surface area is 130 Å². The number of rotatable bonds is 5. The number of likely N-dealkylation sites (tertiary alicyclic amines) is 1. The molecule has 1 N–H and O–H groups in total. The molecule has 1 aliphatic heterocycles. The Kier molecular flexibility index (Phi) is 4.85. The van der Waals surface area contributed by atoms with Crippen LogP contribution in [-0.2, 0) is 21.4 Å². The molecule has 0 radical (unpaired) electrons. The molecule has 2 amide bonds. The number of aromatic nitrogens is 2. The van der Waals surface area contributed by atoms with Gasteiger partial charge < -0.3 is 15.0 Å². The van der Waals surface area contributed by atoms with E-state index in [4.69, 9.17) is 4.74 Å². The number of ether oxygens (including phenoxy) is 1. The Bertz CT molecular complexity index is 569. The lowest BCUT2D eigenvalue weighted by Crippen LogP contribution is -2.51. The van der Waals surface area contributed by atoms with Crippen LogP contribution in [0.5, 0.6) is 0 Å². The number of carbonyl (C=O) groups excluding carboxylic acids is 2. The van der Waals surface area contributed by atoms with Crippen LogP contribution in [0.15, 0.2) is 6.20 Å². The summed E-state index contributed by atoms with van der Waals surface area (Å²) in [6.07, 6.45) is 3.53. The molecule has 2 heterocycles. The Balaban J connectivity index is 2.12. The van der Waals surface area contributed by atoms with Crippen molar-refractivity contribution in [3.63, 3.8) is 0 Å². The predicted molar refractivity (Wildman–Crippen MR) is 82.4 cm³/mol. The molecule has 0 aromatic carbocycles. The van der Waals surface area contributed by atoms with Crippen molar-refractivity contribution in [3.8, 4) is 0 Å². The molecule has 1 aromatic rings. The van der Waals surface area contributed by atoms with Crippen molar-refractivity contribution in [2.75, 3.05) is 25.6 Å². The number of hydrogen-bond acceptors (Lipinski definition) is 4. The molecule has 1 fully saturated rings. The third kappa shape index (κ3) is 3.14. The first kappa shape index (κ1) is 16.5. The van der Waals surface area contributed by atoms with Crippen molar-refractivity contribution < 1.29 is 14.3 Å². The van der Waals surface area contributed by atoms with Crippen LogP contribution in [0.1, 0.15) is 31.9 Å². The Morgan fingerprint density at radius 2 is 2.23 bits per heavy atom. The summed E-state index contributed by atoms with van der Waals surface area (Å²) in [5, 5.41) is 7.00. The normalized spacial score (nSPS) is 21.2. The second kappa shape index (κ2) is 6.48. The molecule has 0 unspecified atom stereocenters. The van der Waals surface area contributed by atoms with E-state index >= 15 is 0 Å². The van der Waals surface area contributed by atoms with Crippen LogP contribution in [0.3, 0.4) is 0 Å². The van der Waals surface area contributed by atoms with Crippen LogP contribution < -0.4 is 5.32 Å². The van der Waals surface area contributed by atoms with Gasteiger partial charge in [0.25, 0.3) is 0 Å². The topological polar surface area (TPSA) is 76.5 Å². The third-order valence-corrected chi connectivity index (χ3v) is 4.39. The third-order valence-electron chi connectivity index (χ3n) is 4.39. The average Bonchev–Trinajstić information content (AvgIpc) is 2.98. The van der Waals surface area contributed by atoms with Gasteiger partial charge >= 0.3 is 0 Å². The smallest absolute Gasteiger partial charge is 0.226 e. The molecule has 1 aliphatic rings. The van der Waals surface area contributed by atoms with Gasteiger partial charge in [0, 0.05) is 27.6 Å². The van der Waals surface area contributed by atoms with Crippen LogP contribution in [0.2, 0.25) is 0 Å². The summed E-state index contributed by atoms with van der Waals surface area (Å²) in [6, 6.07) is 0. The van der Waals surface area contributed by atoms with E-state index in [0.717, 1.165) is 18.5 Å². The molecule has 1 atom stereocenters. The summed E-state index contributed by atoms with van der Waals surface area (Å²) in [7, 11) is 3.42. The van der Waals surface area contributed by atoms with Gasteiger partial charge in [-0.3, -0.25) is 14.3 Å². The SMILES string of the molecule is COC[C@]1(CC(=O)Nc2cnn(C)c2C)CCCN1C(C)=O. The first-order valence-corrected chi connectivity index (χ1v) is 7.45. The van der Waals surface area contributed by atoms with Crippen molar-refractivity contribution >= 4 is 17.5 Å². The van der Waals surface area contributed by atoms with Gasteiger partial charge in [0.05, 0.1) is 36.1 Å². The molecular formula is C15H24N4O3. The van der Waals surface area contributed by atoms with E-state index in [1.807, 2.05) is 14.0 Å². The van der Waals surface area contributed by atoms with Crippen LogP contribution >= 0.6 is 0 Å². The fourth-order valence-electron chi connectivity index (χ4n) is 3.20. The lowest BCUT2D eigenvalue weighted by atomic mass is 9.92. The number of nitrogens with one attached hydrogen (secondary N) is 1. The molecule has 0 aliphatic carbocycles. The quantitative estimate of drug-likeness (QED) is 0.883. The average molecular weight is 308 g/mol. The highest BCUT2D eigenvalue weighted by Crippen LogP contribution is 2.33. The second-order valence-electron chi connectivity index (χ2n) is 5.92. The zero-order valence-corrected chi connectivity index (χ0v) is 13.7. The van der Waals surface area contributed by atoms with Gasteiger partial charge in [0.2, 0.25) is 11.8 Å². The molecule has 22 heavy (non-hydrogen) atoms. The number of carbonyl (C=O) groups is 2. The van der Waals surface area contributed by atoms with E-state index in [2.05, 4.69) is 10.4 Å². The largest absolute Gasteiger partial charge is 0.382 e. The number of methoxy groups -OCH3 is 1. The number of anilines is 1. The van der Waals surface area contributed by atoms with Crippen molar-refractivity contribution in [3.05, 3.63) is 11.9 Å². The van der Waals surface area contributed by atoms with Crippen LogP contribution in [0, 0.1) is 6.92 Å². The minimum absolute atomic E-state index is 0.0140. The summed E-state index contributed by atoms with van der Waals surface area (Å²) in [4.78, 5) is 26.1. The molecule has 0 spiro atoms. The van der Waals surface area contributed by atoms with Gasteiger partial charge in [-0.05, 0) is 19.8 Å². The summed E-state index contributed by atoms with van der Waals surface area (Å²) in [5.41, 5.74) is 1.05. The van der Waals surface area contributed by atoms with Gasteiger partial charge in [-0.15, -0.1) is 0 Å². The van der Waals surface area contributed by atoms with Crippen molar-refractivity contribution in [2.45, 2.75) is 38.6 Å². The number of amides is 2. The van der Waals surface area contributed by atoms with E-state index in [9.17, 15) is 9.59 Å². The highest BCUT2D eigenvalue weighted by molar-refractivity contribution is 5.92. The van der Waals surface area contributed by atoms with Crippen molar-refractivity contribution in [2.24, 2.45) is 7.05 Å². The maximum Gasteiger partial charge on any atom is 0.226 e. The highest BCUT2D eigenvalue weighted by Gasteiger charge is 2.44. The summed E-state index contributed by atoms with van der Waals surface area (Å²) in [5.74, 6) is -0.138. The summed E-state index contributed by atoms with van der Waals surface area (Å²) < 4.78 is 7.00. The highest BCUT2D eigenvalue weighted by atomic mass is 16.5. The van der Waals surface area contributed by atoms with E-state index in [1.54, 1.807) is 29.8 Å². The van der Waals surface area contributed by atoms with E-state index in [1.165, 1.54) is 0 Å². The molecule has 0 bridgehead atoms. The molecule has 1 aromatic heterocycles. The number of aryl methyl sites for hydroxylation is 1. The van der Waals surface area contributed by atoms with Gasteiger partial charge in [-0.2, -0.15) is 5.10 Å². The minimum atomic E-state index is -0.541. The first-order chi connectivity index (χ1) is 10.4. The molecule has 2 rings (SSSR count). The van der Waals surface area contributed by atoms with Crippen molar-refractivity contribution in [1.82, 2.24) is 14.7 Å². The van der Waals surface area contributed by atoms with Gasteiger partial charge in [-0.1, -0.05) is 0 Å². The first-order valence-electron chi connectivity index (χ1n) is 7.45. The van der Waals surface area contributed by atoms with Crippen LogP contribution in [0.4, 0.5) is 5.69 Å². The van der Waals surface area contributed by atoms with E-state index in [0.29, 0.717) is 18.8 Å². The fourth-order valence-corrected chi connectivity index (χ4v) is 3.20. The molecule has 122 valence electrons. The zero-order chi connectivity index (χ0) is 16.3. The molecule has 7 heteroatoms. The van der Waals surface area contributed by atoms with Gasteiger partial charge in [-0.25, -0.2) is 0 Å². The number of hydrogen-bond donors (Lipinski definition) is 1. The Morgan fingerprint density at radius 3 is 2.77 bits per heavy atom. The molecule has 0 saturated carbocycles. The monoisotopic (exact) mass is 308 g/mol. The van der Waals surface area contributed by atoms with Gasteiger partial charge in [0.15, 0.2) is 0 Å². The molecular weight excluding hydrogens is 284 g/mol. The fraction of sp³-hybridized carbons (Fsp3) is 0.667. The molecule has 1 saturated heterocycles. The standard InChI is InChI=1S/C15H24N4O3/c1-11-13(9-16-18(11)3)17-14(21)8-15(10-22-4)6-5-7-19(15)12(2)20/h9H,5-8,10H2,1-4H3,(H,17,21)/t15-/m1/s1. The second-order valence-corrected chi connectivity index (χ2v) is 5.92. The lowest BCUT2D eigenvalue weighted by molar-refractivity contribution is -0.136. The van der Waals surface area contributed by atoms with Crippen LogP contribution in [-0.4, -0.2) is 52.3 Å². The Morgan fingerprint density at radius 1 is 1.50 bits per heavy atom. The maximum atomic E-state index is 12.4. The van der Waals surface area contributed by atoms with E-state index < -0.39 is 5.54 Å². The van der Waals surface area contributed by atoms with Gasteiger partial charge in [0.1, 0.15) is 0 Å². The summed E-state index contributed by atoms with van der Waals surface area (Å²) >= 11 is 0. The zero-order valence-electron chi connectivity index (χ0n) is 13.7. The lowest BCUT2D eigenvalue weighted by Gasteiger charge is -2.37.